The Morgan fingerprint density at radius 3 is 2.53 bits per heavy atom. The first kappa shape index (κ1) is 14.8. The molecule has 1 aliphatic rings. The summed E-state index contributed by atoms with van der Waals surface area (Å²) >= 11 is 0. The predicted octanol–water partition coefficient (Wildman–Crippen LogP) is 2.79. The van der Waals surface area contributed by atoms with Gasteiger partial charge in [0.15, 0.2) is 0 Å². The maximum atomic E-state index is 11.9. The number of nitrogens with zero attached hydrogens (tertiary/aromatic N) is 1. The monoisotopic (exact) mass is 252 g/mol. The Morgan fingerprint density at radius 2 is 2.00 bits per heavy atom. The zero-order chi connectivity index (χ0) is 12.9. The van der Waals surface area contributed by atoms with Crippen LogP contribution in [0.2, 0.25) is 0 Å². The molecule has 0 aromatic rings. The first-order valence-electron chi connectivity index (χ1n) is 6.39. The molecule has 0 aliphatic heterocycles. The van der Waals surface area contributed by atoms with Crippen LogP contribution in [0.5, 0.6) is 0 Å². The van der Waals surface area contributed by atoms with Crippen LogP contribution in [0.1, 0.15) is 39.0 Å². The van der Waals surface area contributed by atoms with Crippen LogP contribution in [0.15, 0.2) is 0 Å². The minimum Gasteiger partial charge on any atom is -0.313 e. The highest BCUT2D eigenvalue weighted by atomic mass is 19.4. The van der Waals surface area contributed by atoms with Gasteiger partial charge in [-0.3, -0.25) is 0 Å². The van der Waals surface area contributed by atoms with Crippen molar-refractivity contribution in [3.63, 3.8) is 0 Å². The lowest BCUT2D eigenvalue weighted by Crippen LogP contribution is -2.35. The van der Waals surface area contributed by atoms with Gasteiger partial charge in [-0.2, -0.15) is 13.2 Å². The van der Waals surface area contributed by atoms with Crippen molar-refractivity contribution in [2.75, 3.05) is 20.1 Å². The molecule has 0 bridgehead atoms. The smallest absolute Gasteiger partial charge is 0.313 e. The summed E-state index contributed by atoms with van der Waals surface area (Å²) < 4.78 is 35.8. The van der Waals surface area contributed by atoms with E-state index in [1.54, 1.807) is 0 Å². The highest BCUT2D eigenvalue weighted by Crippen LogP contribution is 2.24. The summed E-state index contributed by atoms with van der Waals surface area (Å²) in [5, 5.41) is 3.27. The van der Waals surface area contributed by atoms with Gasteiger partial charge in [-0.1, -0.05) is 0 Å². The van der Waals surface area contributed by atoms with Crippen molar-refractivity contribution in [1.82, 2.24) is 10.2 Å². The van der Waals surface area contributed by atoms with E-state index in [1.807, 2.05) is 6.92 Å². The van der Waals surface area contributed by atoms with Crippen LogP contribution in [-0.4, -0.2) is 43.3 Å². The van der Waals surface area contributed by atoms with E-state index in [2.05, 4.69) is 17.3 Å². The molecule has 1 aliphatic carbocycles. The summed E-state index contributed by atoms with van der Waals surface area (Å²) in [7, 11) is 2.10. The normalized spacial score (nSPS) is 18.7. The standard InChI is InChI=1S/C12H23F3N2/c1-10(4-3-7-12(13,14)15)16-8-9-17(2)11-5-6-11/h10-11,16H,3-9H2,1-2H3. The van der Waals surface area contributed by atoms with Crippen LogP contribution >= 0.6 is 0 Å². The van der Waals surface area contributed by atoms with Gasteiger partial charge in [-0.05, 0) is 39.7 Å². The van der Waals surface area contributed by atoms with Crippen molar-refractivity contribution in [1.29, 1.82) is 0 Å². The number of hydrogen-bond acceptors (Lipinski definition) is 2. The molecular weight excluding hydrogens is 229 g/mol. The molecule has 17 heavy (non-hydrogen) atoms. The maximum absolute atomic E-state index is 11.9. The van der Waals surface area contributed by atoms with Gasteiger partial charge in [0.2, 0.25) is 0 Å². The van der Waals surface area contributed by atoms with Crippen molar-refractivity contribution in [2.24, 2.45) is 0 Å². The Bertz CT molecular complexity index is 214. The zero-order valence-corrected chi connectivity index (χ0v) is 10.7. The van der Waals surface area contributed by atoms with Gasteiger partial charge in [0.05, 0.1) is 0 Å². The van der Waals surface area contributed by atoms with Crippen molar-refractivity contribution in [3.05, 3.63) is 0 Å². The average molecular weight is 252 g/mol. The second kappa shape index (κ2) is 6.59. The quantitative estimate of drug-likeness (QED) is 0.714. The third kappa shape index (κ3) is 7.60. The van der Waals surface area contributed by atoms with Crippen molar-refractivity contribution in [3.8, 4) is 0 Å². The lowest BCUT2D eigenvalue weighted by Gasteiger charge is -2.19. The van der Waals surface area contributed by atoms with Crippen LogP contribution in [-0.2, 0) is 0 Å². The van der Waals surface area contributed by atoms with Crippen LogP contribution < -0.4 is 5.32 Å². The third-order valence-corrected chi connectivity index (χ3v) is 3.22. The Morgan fingerprint density at radius 1 is 1.35 bits per heavy atom. The van der Waals surface area contributed by atoms with E-state index in [4.69, 9.17) is 0 Å². The molecule has 0 aromatic heterocycles. The molecule has 1 fully saturated rings. The van der Waals surface area contributed by atoms with E-state index in [9.17, 15) is 13.2 Å². The fourth-order valence-corrected chi connectivity index (χ4v) is 1.90. The fraction of sp³-hybridized carbons (Fsp3) is 1.00. The molecule has 1 atom stereocenters. The van der Waals surface area contributed by atoms with Gasteiger partial charge in [0.25, 0.3) is 0 Å². The minimum atomic E-state index is -4.01. The molecule has 5 heteroatoms. The van der Waals surface area contributed by atoms with Crippen molar-refractivity contribution in [2.45, 2.75) is 57.3 Å². The molecule has 0 heterocycles. The highest BCUT2D eigenvalue weighted by molar-refractivity contribution is 4.82. The summed E-state index contributed by atoms with van der Waals surface area (Å²) in [6.07, 6.45) is -1.29. The number of nitrogens with one attached hydrogen (secondary N) is 1. The highest BCUT2D eigenvalue weighted by Gasteiger charge is 2.27. The SMILES string of the molecule is CC(CCCC(F)(F)F)NCCN(C)C1CC1. The molecule has 0 amide bonds. The van der Waals surface area contributed by atoms with Gasteiger partial charge < -0.3 is 10.2 Å². The second-order valence-electron chi connectivity index (χ2n) is 5.07. The number of likely N-dealkylation sites (N-methyl/N-ethyl adjacent to an activating group) is 1. The summed E-state index contributed by atoms with van der Waals surface area (Å²) in [5.41, 5.74) is 0. The molecule has 1 N–H and O–H groups in total. The van der Waals surface area contributed by atoms with E-state index in [1.165, 1.54) is 12.8 Å². The molecule has 1 rings (SSSR count). The average Bonchev–Trinajstić information content (AvgIpc) is 2.98. The van der Waals surface area contributed by atoms with Gasteiger partial charge in [-0.15, -0.1) is 0 Å². The number of hydrogen-bond donors (Lipinski definition) is 1. The van der Waals surface area contributed by atoms with Crippen molar-refractivity contribution >= 4 is 0 Å². The van der Waals surface area contributed by atoms with E-state index in [0.717, 1.165) is 19.1 Å². The molecule has 0 saturated heterocycles. The molecule has 1 unspecified atom stereocenters. The van der Waals surface area contributed by atoms with Crippen LogP contribution in [0, 0.1) is 0 Å². The zero-order valence-electron chi connectivity index (χ0n) is 10.7. The van der Waals surface area contributed by atoms with Crippen LogP contribution in [0.3, 0.4) is 0 Å². The molecule has 0 aromatic carbocycles. The summed E-state index contributed by atoms with van der Waals surface area (Å²) in [6, 6.07) is 0.919. The fourth-order valence-electron chi connectivity index (χ4n) is 1.90. The largest absolute Gasteiger partial charge is 0.389 e. The van der Waals surface area contributed by atoms with Crippen LogP contribution in [0.25, 0.3) is 0 Å². The summed E-state index contributed by atoms with van der Waals surface area (Å²) in [6.45, 7) is 3.79. The Balaban J connectivity index is 1.95. The van der Waals surface area contributed by atoms with E-state index in [-0.39, 0.29) is 12.5 Å². The van der Waals surface area contributed by atoms with Gasteiger partial charge in [0.1, 0.15) is 0 Å². The molecule has 0 radical (unpaired) electrons. The Kier molecular flexibility index (Phi) is 5.73. The molecular formula is C12H23F3N2. The topological polar surface area (TPSA) is 15.3 Å². The second-order valence-corrected chi connectivity index (χ2v) is 5.07. The third-order valence-electron chi connectivity index (χ3n) is 3.22. The first-order valence-corrected chi connectivity index (χ1v) is 6.39. The van der Waals surface area contributed by atoms with E-state index < -0.39 is 12.6 Å². The summed E-state index contributed by atoms with van der Waals surface area (Å²) in [5.74, 6) is 0. The van der Waals surface area contributed by atoms with Crippen molar-refractivity contribution < 1.29 is 13.2 Å². The lowest BCUT2D eigenvalue weighted by molar-refractivity contribution is -0.135. The lowest BCUT2D eigenvalue weighted by atomic mass is 10.1. The number of halogens is 3. The Labute approximate surface area is 102 Å². The summed E-state index contributed by atoms with van der Waals surface area (Å²) in [4.78, 5) is 2.31. The maximum Gasteiger partial charge on any atom is 0.389 e. The van der Waals surface area contributed by atoms with Gasteiger partial charge >= 0.3 is 6.18 Å². The van der Waals surface area contributed by atoms with Gasteiger partial charge in [0, 0.05) is 31.6 Å². The number of rotatable bonds is 8. The van der Waals surface area contributed by atoms with Gasteiger partial charge in [-0.25, -0.2) is 0 Å². The predicted molar refractivity (Wildman–Crippen MR) is 63.0 cm³/mol. The minimum absolute atomic E-state index is 0.171. The number of alkyl halides is 3. The van der Waals surface area contributed by atoms with E-state index >= 15 is 0 Å². The molecule has 2 nitrogen and oxygen atoms in total. The Hall–Kier alpha value is -0.290. The molecule has 102 valence electrons. The molecule has 1 saturated carbocycles. The molecule has 0 spiro atoms. The van der Waals surface area contributed by atoms with E-state index in [0.29, 0.717) is 6.42 Å². The first-order chi connectivity index (χ1) is 7.88. The van der Waals surface area contributed by atoms with Crippen LogP contribution in [0.4, 0.5) is 13.2 Å².